The van der Waals surface area contributed by atoms with E-state index in [1.165, 1.54) is 0 Å². The van der Waals surface area contributed by atoms with E-state index in [2.05, 4.69) is 0 Å². The van der Waals surface area contributed by atoms with Gasteiger partial charge < -0.3 is 25.1 Å². The Balaban J connectivity index is 2.35. The standard InChI is InChI=1S/C13H20ClNO4/c1-17-4-5-18-8-12(16)9-19-13-3-2-11(14)6-10(13)7-15/h2-3,6,12,16H,4-5,7-9,15H2,1H3. The van der Waals surface area contributed by atoms with Crippen LogP contribution in [0.3, 0.4) is 0 Å². The highest BCUT2D eigenvalue weighted by molar-refractivity contribution is 6.30. The molecular formula is C13H20ClNO4. The van der Waals surface area contributed by atoms with E-state index in [0.29, 0.717) is 30.5 Å². The zero-order valence-corrected chi connectivity index (χ0v) is 11.7. The first-order chi connectivity index (χ1) is 9.17. The minimum absolute atomic E-state index is 0.140. The molecule has 0 aromatic heterocycles. The van der Waals surface area contributed by atoms with E-state index in [0.717, 1.165) is 5.56 Å². The van der Waals surface area contributed by atoms with Gasteiger partial charge in [-0.05, 0) is 18.2 Å². The van der Waals surface area contributed by atoms with E-state index in [1.54, 1.807) is 25.3 Å². The third-order valence-electron chi connectivity index (χ3n) is 2.42. The van der Waals surface area contributed by atoms with Crippen LogP contribution in [0.15, 0.2) is 18.2 Å². The summed E-state index contributed by atoms with van der Waals surface area (Å²) in [6, 6.07) is 5.21. The van der Waals surface area contributed by atoms with Gasteiger partial charge in [0.15, 0.2) is 0 Å². The van der Waals surface area contributed by atoms with Crippen LogP contribution in [-0.4, -0.2) is 44.7 Å². The second kappa shape index (κ2) is 9.12. The highest BCUT2D eigenvalue weighted by Gasteiger charge is 2.08. The van der Waals surface area contributed by atoms with Crippen LogP contribution >= 0.6 is 11.6 Å². The summed E-state index contributed by atoms with van der Waals surface area (Å²) in [4.78, 5) is 0. The second-order valence-electron chi connectivity index (χ2n) is 3.99. The molecule has 0 fully saturated rings. The molecule has 0 spiro atoms. The van der Waals surface area contributed by atoms with E-state index in [1.807, 2.05) is 0 Å². The van der Waals surface area contributed by atoms with Gasteiger partial charge in [0.25, 0.3) is 0 Å². The molecule has 1 atom stereocenters. The molecule has 5 nitrogen and oxygen atoms in total. The van der Waals surface area contributed by atoms with E-state index < -0.39 is 6.10 Å². The molecule has 0 saturated carbocycles. The number of methoxy groups -OCH3 is 1. The van der Waals surface area contributed by atoms with Gasteiger partial charge in [-0.1, -0.05) is 11.6 Å². The number of aliphatic hydroxyl groups excluding tert-OH is 1. The minimum Gasteiger partial charge on any atom is -0.490 e. The van der Waals surface area contributed by atoms with Gasteiger partial charge in [0, 0.05) is 24.2 Å². The average molecular weight is 290 g/mol. The lowest BCUT2D eigenvalue weighted by Gasteiger charge is -2.15. The van der Waals surface area contributed by atoms with Crippen LogP contribution in [0.5, 0.6) is 5.75 Å². The molecular weight excluding hydrogens is 270 g/mol. The minimum atomic E-state index is -0.696. The van der Waals surface area contributed by atoms with Gasteiger partial charge in [0.1, 0.15) is 18.5 Å². The van der Waals surface area contributed by atoms with Crippen LogP contribution < -0.4 is 10.5 Å². The molecule has 0 amide bonds. The third kappa shape index (κ3) is 6.22. The van der Waals surface area contributed by atoms with Crippen molar-refractivity contribution in [2.24, 2.45) is 5.73 Å². The van der Waals surface area contributed by atoms with E-state index >= 15 is 0 Å². The topological polar surface area (TPSA) is 73.9 Å². The monoisotopic (exact) mass is 289 g/mol. The summed E-state index contributed by atoms with van der Waals surface area (Å²) in [5.41, 5.74) is 6.41. The van der Waals surface area contributed by atoms with Crippen molar-refractivity contribution in [1.29, 1.82) is 0 Å². The quantitative estimate of drug-likeness (QED) is 0.668. The molecule has 1 aromatic rings. The van der Waals surface area contributed by atoms with Crippen LogP contribution in [0.2, 0.25) is 5.02 Å². The van der Waals surface area contributed by atoms with Crippen LogP contribution in [-0.2, 0) is 16.0 Å². The maximum Gasteiger partial charge on any atom is 0.124 e. The van der Waals surface area contributed by atoms with Crippen molar-refractivity contribution in [3.63, 3.8) is 0 Å². The third-order valence-corrected chi connectivity index (χ3v) is 2.65. The Morgan fingerprint density at radius 2 is 2.11 bits per heavy atom. The Bertz CT molecular complexity index is 376. The van der Waals surface area contributed by atoms with Gasteiger partial charge in [0.05, 0.1) is 19.8 Å². The van der Waals surface area contributed by atoms with Crippen LogP contribution in [0, 0.1) is 0 Å². The van der Waals surface area contributed by atoms with E-state index in [-0.39, 0.29) is 13.2 Å². The molecule has 0 radical (unpaired) electrons. The molecule has 0 aliphatic carbocycles. The summed E-state index contributed by atoms with van der Waals surface area (Å²) in [6.45, 7) is 1.62. The number of aliphatic hydroxyl groups is 1. The zero-order chi connectivity index (χ0) is 14.1. The van der Waals surface area contributed by atoms with E-state index in [9.17, 15) is 5.11 Å². The number of ether oxygens (including phenoxy) is 3. The highest BCUT2D eigenvalue weighted by Crippen LogP contribution is 2.22. The molecule has 0 aliphatic heterocycles. The molecule has 19 heavy (non-hydrogen) atoms. The molecule has 6 heteroatoms. The van der Waals surface area contributed by atoms with E-state index in [4.69, 9.17) is 31.5 Å². The van der Waals surface area contributed by atoms with Gasteiger partial charge in [-0.3, -0.25) is 0 Å². The summed E-state index contributed by atoms with van der Waals surface area (Å²) >= 11 is 5.86. The smallest absolute Gasteiger partial charge is 0.124 e. The fourth-order valence-electron chi connectivity index (χ4n) is 1.44. The zero-order valence-electron chi connectivity index (χ0n) is 11.0. The van der Waals surface area contributed by atoms with Gasteiger partial charge in [-0.2, -0.15) is 0 Å². The van der Waals surface area contributed by atoms with Crippen molar-refractivity contribution in [1.82, 2.24) is 0 Å². The van der Waals surface area contributed by atoms with Gasteiger partial charge in [0.2, 0.25) is 0 Å². The lowest BCUT2D eigenvalue weighted by Crippen LogP contribution is -2.24. The first-order valence-corrected chi connectivity index (χ1v) is 6.41. The van der Waals surface area contributed by atoms with Crippen LogP contribution in [0.4, 0.5) is 0 Å². The van der Waals surface area contributed by atoms with Crippen molar-refractivity contribution < 1.29 is 19.3 Å². The van der Waals surface area contributed by atoms with Crippen molar-refractivity contribution in [3.8, 4) is 5.75 Å². The highest BCUT2D eigenvalue weighted by atomic mass is 35.5. The first kappa shape index (κ1) is 16.2. The Kier molecular flexibility index (Phi) is 7.78. The fourth-order valence-corrected chi connectivity index (χ4v) is 1.64. The number of hydrogen-bond acceptors (Lipinski definition) is 5. The summed E-state index contributed by atoms with van der Waals surface area (Å²) in [5.74, 6) is 0.628. The Morgan fingerprint density at radius 3 is 2.79 bits per heavy atom. The van der Waals surface area contributed by atoms with Crippen molar-refractivity contribution >= 4 is 11.6 Å². The molecule has 0 heterocycles. The number of halogens is 1. The normalized spacial score (nSPS) is 12.4. The Labute approximate surface area is 118 Å². The van der Waals surface area contributed by atoms with Crippen LogP contribution in [0.1, 0.15) is 5.56 Å². The number of benzene rings is 1. The second-order valence-corrected chi connectivity index (χ2v) is 4.43. The van der Waals surface area contributed by atoms with Crippen molar-refractivity contribution in [2.75, 3.05) is 33.5 Å². The Hall–Kier alpha value is -0.850. The lowest BCUT2D eigenvalue weighted by atomic mass is 10.2. The predicted molar refractivity (Wildman–Crippen MR) is 73.5 cm³/mol. The number of hydrogen-bond donors (Lipinski definition) is 2. The molecule has 0 aliphatic rings. The maximum absolute atomic E-state index is 9.68. The molecule has 3 N–H and O–H groups in total. The fraction of sp³-hybridized carbons (Fsp3) is 0.538. The largest absolute Gasteiger partial charge is 0.490 e. The molecule has 108 valence electrons. The molecule has 0 saturated heterocycles. The number of rotatable bonds is 9. The first-order valence-electron chi connectivity index (χ1n) is 6.03. The van der Waals surface area contributed by atoms with Crippen molar-refractivity contribution in [2.45, 2.75) is 12.6 Å². The lowest BCUT2D eigenvalue weighted by molar-refractivity contribution is -0.00431. The predicted octanol–water partition coefficient (Wildman–Crippen LogP) is 1.20. The van der Waals surface area contributed by atoms with Gasteiger partial charge >= 0.3 is 0 Å². The Morgan fingerprint density at radius 1 is 1.32 bits per heavy atom. The molecule has 1 rings (SSSR count). The SMILES string of the molecule is COCCOCC(O)COc1ccc(Cl)cc1CN. The van der Waals surface area contributed by atoms with Crippen molar-refractivity contribution in [3.05, 3.63) is 28.8 Å². The summed E-state index contributed by atoms with van der Waals surface area (Å²) in [5, 5.41) is 10.3. The molecule has 1 aromatic carbocycles. The maximum atomic E-state index is 9.68. The molecule has 1 unspecified atom stereocenters. The summed E-state index contributed by atoms with van der Waals surface area (Å²) in [6.07, 6.45) is -0.696. The molecule has 0 bridgehead atoms. The van der Waals surface area contributed by atoms with Crippen LogP contribution in [0.25, 0.3) is 0 Å². The average Bonchev–Trinajstić information content (AvgIpc) is 2.42. The summed E-state index contributed by atoms with van der Waals surface area (Å²) in [7, 11) is 1.60. The summed E-state index contributed by atoms with van der Waals surface area (Å²) < 4.78 is 15.5. The van der Waals surface area contributed by atoms with Gasteiger partial charge in [-0.15, -0.1) is 0 Å². The number of nitrogens with two attached hydrogens (primary N) is 1. The van der Waals surface area contributed by atoms with Gasteiger partial charge in [-0.25, -0.2) is 0 Å².